The fraction of sp³-hybridized carbons (Fsp3) is 0.633. The number of ketones is 1. The molecule has 3 rings (SSSR count). The highest BCUT2D eigenvalue weighted by molar-refractivity contribution is 6.37. The number of nitrogens with one attached hydrogen (secondary N) is 3. The van der Waals surface area contributed by atoms with Crippen LogP contribution in [0.4, 0.5) is 0 Å². The first-order chi connectivity index (χ1) is 20.5. The molecule has 1 aliphatic carbocycles. The highest BCUT2D eigenvalue weighted by Gasteiger charge is 2.46. The number of nitrogens with zero attached hydrogens (tertiary/aromatic N) is 4. The molecule has 3 amide bonds. The normalized spacial score (nSPS) is 20.5. The molecule has 2 aliphatic rings. The van der Waals surface area contributed by atoms with E-state index in [0.717, 1.165) is 19.3 Å². The first-order valence-corrected chi connectivity index (χ1v) is 15.1. The predicted molar refractivity (Wildman–Crippen MR) is 164 cm³/mol. The Balaban J connectivity index is 1.96. The second kappa shape index (κ2) is 14.2. The van der Waals surface area contributed by atoms with Crippen molar-refractivity contribution in [1.29, 1.82) is 5.26 Å². The minimum atomic E-state index is -1.13. The number of rotatable bonds is 10. The molecule has 0 radical (unpaired) electrons. The number of hydrogen-bond acceptors (Lipinski definition) is 8. The number of pyridine rings is 1. The lowest BCUT2D eigenvalue weighted by molar-refractivity contribution is -0.143. The SMILES string of the molecule is CC(C)(C)NC(=N[C@H](C(=O)N1C[C@H](Oc2ccc(Cl)cn2)C[C@H]1C(=O)NC(CC1CCC1)C(=O)C(N)=O)C(C)(C)C)NC#N. The Hall–Kier alpha value is -3.92. The van der Waals surface area contributed by atoms with Crippen molar-refractivity contribution in [2.75, 3.05) is 6.54 Å². The van der Waals surface area contributed by atoms with Crippen LogP contribution in [0.25, 0.3) is 0 Å². The number of amides is 3. The minimum Gasteiger partial charge on any atom is -0.472 e. The van der Waals surface area contributed by atoms with Gasteiger partial charge in [0, 0.05) is 24.2 Å². The molecule has 0 aromatic carbocycles. The number of nitriles is 1. The van der Waals surface area contributed by atoms with E-state index in [1.54, 1.807) is 12.1 Å². The van der Waals surface area contributed by atoms with E-state index in [4.69, 9.17) is 22.1 Å². The van der Waals surface area contributed by atoms with Gasteiger partial charge < -0.3 is 26.0 Å². The van der Waals surface area contributed by atoms with Crippen molar-refractivity contribution in [2.45, 2.75) is 103 Å². The Morgan fingerprint density at radius 2 is 1.89 bits per heavy atom. The van der Waals surface area contributed by atoms with Gasteiger partial charge in [-0.25, -0.2) is 9.98 Å². The van der Waals surface area contributed by atoms with E-state index in [0.29, 0.717) is 11.4 Å². The maximum atomic E-state index is 14.3. The molecule has 0 bridgehead atoms. The lowest BCUT2D eigenvalue weighted by Crippen LogP contribution is -2.56. The number of aliphatic imine (C=N–C) groups is 1. The van der Waals surface area contributed by atoms with Crippen LogP contribution < -0.4 is 26.4 Å². The molecule has 1 aromatic heterocycles. The average molecular weight is 631 g/mol. The Morgan fingerprint density at radius 3 is 2.39 bits per heavy atom. The predicted octanol–water partition coefficient (Wildman–Crippen LogP) is 2.04. The molecule has 2 fully saturated rings. The van der Waals surface area contributed by atoms with Crippen LogP contribution in [0.15, 0.2) is 23.3 Å². The Bertz CT molecular complexity index is 1290. The Morgan fingerprint density at radius 1 is 1.20 bits per heavy atom. The van der Waals surface area contributed by atoms with E-state index in [-0.39, 0.29) is 30.7 Å². The molecule has 1 unspecified atom stereocenters. The van der Waals surface area contributed by atoms with Crippen molar-refractivity contribution in [1.82, 2.24) is 25.8 Å². The molecule has 4 atom stereocenters. The summed E-state index contributed by atoms with van der Waals surface area (Å²) in [7, 11) is 0. The van der Waals surface area contributed by atoms with Gasteiger partial charge in [-0.1, -0.05) is 51.6 Å². The minimum absolute atomic E-state index is 0.0219. The van der Waals surface area contributed by atoms with E-state index < -0.39 is 58.7 Å². The second-order valence-corrected chi connectivity index (χ2v) is 13.9. The van der Waals surface area contributed by atoms with Crippen LogP contribution in [0.1, 0.15) is 73.6 Å². The smallest absolute Gasteiger partial charge is 0.287 e. The Labute approximate surface area is 263 Å². The lowest BCUT2D eigenvalue weighted by atomic mass is 9.80. The maximum Gasteiger partial charge on any atom is 0.287 e. The molecule has 14 heteroatoms. The number of guanidine groups is 1. The first-order valence-electron chi connectivity index (χ1n) is 14.7. The largest absolute Gasteiger partial charge is 0.472 e. The number of hydrogen-bond donors (Lipinski definition) is 4. The van der Waals surface area contributed by atoms with Crippen molar-refractivity contribution in [3.63, 3.8) is 0 Å². The third-order valence-electron chi connectivity index (χ3n) is 7.49. The zero-order valence-electron chi connectivity index (χ0n) is 26.1. The maximum absolute atomic E-state index is 14.3. The van der Waals surface area contributed by atoms with Crippen LogP contribution in [0.2, 0.25) is 5.02 Å². The number of Topliss-reactive ketones (excluding diaryl/α,β-unsaturated/α-hetero) is 1. The number of halogens is 1. The lowest BCUT2D eigenvalue weighted by Gasteiger charge is -2.34. The van der Waals surface area contributed by atoms with Crippen molar-refractivity contribution in [2.24, 2.45) is 22.1 Å². The molecule has 1 aliphatic heterocycles. The highest BCUT2D eigenvalue weighted by Crippen LogP contribution is 2.32. The zero-order chi connectivity index (χ0) is 32.8. The quantitative estimate of drug-likeness (QED) is 0.0984. The summed E-state index contributed by atoms with van der Waals surface area (Å²) in [6, 6.07) is 0.0331. The van der Waals surface area contributed by atoms with Crippen LogP contribution in [0.5, 0.6) is 5.88 Å². The summed E-state index contributed by atoms with van der Waals surface area (Å²) in [6.07, 6.45) is 5.82. The molecular formula is C30H43ClN8O5. The second-order valence-electron chi connectivity index (χ2n) is 13.5. The van der Waals surface area contributed by atoms with Gasteiger partial charge in [0.2, 0.25) is 29.4 Å². The third-order valence-corrected chi connectivity index (χ3v) is 7.71. The molecule has 0 spiro atoms. The van der Waals surface area contributed by atoms with Crippen LogP contribution in [0.3, 0.4) is 0 Å². The summed E-state index contributed by atoms with van der Waals surface area (Å²) in [4.78, 5) is 62.8. The molecule has 13 nitrogen and oxygen atoms in total. The molecular weight excluding hydrogens is 588 g/mol. The molecule has 240 valence electrons. The van der Waals surface area contributed by atoms with Gasteiger partial charge in [0.1, 0.15) is 18.2 Å². The molecule has 44 heavy (non-hydrogen) atoms. The topological polar surface area (TPSA) is 192 Å². The van der Waals surface area contributed by atoms with E-state index in [2.05, 4.69) is 25.9 Å². The summed E-state index contributed by atoms with van der Waals surface area (Å²) in [5, 5.41) is 18.1. The van der Waals surface area contributed by atoms with E-state index in [9.17, 15) is 24.4 Å². The number of nitrogens with two attached hydrogens (primary N) is 1. The molecule has 1 saturated heterocycles. The first kappa shape index (κ1) is 34.6. The van der Waals surface area contributed by atoms with Crippen LogP contribution in [0, 0.1) is 22.8 Å². The van der Waals surface area contributed by atoms with Gasteiger partial charge in [-0.2, -0.15) is 5.26 Å². The number of likely N-dealkylation sites (tertiary alicyclic amines) is 1. The van der Waals surface area contributed by atoms with Crippen molar-refractivity contribution in [3.05, 3.63) is 23.4 Å². The van der Waals surface area contributed by atoms with Crippen molar-refractivity contribution >= 4 is 41.1 Å². The summed E-state index contributed by atoms with van der Waals surface area (Å²) in [5.74, 6) is -2.52. The number of ether oxygens (including phenoxy) is 1. The van der Waals surface area contributed by atoms with Gasteiger partial charge in [-0.15, -0.1) is 0 Å². The highest BCUT2D eigenvalue weighted by atomic mass is 35.5. The van der Waals surface area contributed by atoms with Gasteiger partial charge in [-0.05, 0) is 44.6 Å². The van der Waals surface area contributed by atoms with Gasteiger partial charge >= 0.3 is 0 Å². The van der Waals surface area contributed by atoms with E-state index >= 15 is 0 Å². The number of primary amides is 1. The van der Waals surface area contributed by atoms with Gasteiger partial charge in [0.15, 0.2) is 6.19 Å². The van der Waals surface area contributed by atoms with Crippen molar-refractivity contribution in [3.8, 4) is 12.1 Å². The number of carbonyl (C=O) groups is 4. The standard InChI is InChI=1S/C30H43ClN8O5/c1-29(2,3)24(37-28(35-16-32)38-30(4,5)6)27(43)39-15-19(44-22-11-10-18(31)14-34-22)13-21(39)26(42)36-20(23(40)25(33)41)12-17-8-7-9-17/h10-11,14,17,19-21,24H,7-9,12-13,15H2,1-6H3,(H2,33,41)(H,36,42)(H2,35,37,38)/t19-,20?,21+,24-/m1/s1. The van der Waals surface area contributed by atoms with E-state index in [1.165, 1.54) is 11.1 Å². The molecule has 2 heterocycles. The van der Waals surface area contributed by atoms with Gasteiger partial charge in [-0.3, -0.25) is 24.5 Å². The van der Waals surface area contributed by atoms with Crippen LogP contribution >= 0.6 is 11.6 Å². The zero-order valence-corrected chi connectivity index (χ0v) is 26.9. The number of aromatic nitrogens is 1. The fourth-order valence-corrected chi connectivity index (χ4v) is 5.23. The Kier molecular flexibility index (Phi) is 11.2. The monoisotopic (exact) mass is 630 g/mol. The number of carbonyl (C=O) groups excluding carboxylic acids is 4. The molecule has 1 saturated carbocycles. The van der Waals surface area contributed by atoms with Crippen LogP contribution in [-0.4, -0.2) is 75.7 Å². The summed E-state index contributed by atoms with van der Waals surface area (Å²) >= 11 is 5.96. The van der Waals surface area contributed by atoms with Crippen molar-refractivity contribution < 1.29 is 23.9 Å². The molecule has 5 N–H and O–H groups in total. The fourth-order valence-electron chi connectivity index (χ4n) is 5.12. The molecule has 1 aromatic rings. The third kappa shape index (κ3) is 9.54. The van der Waals surface area contributed by atoms with Crippen LogP contribution in [-0.2, 0) is 19.2 Å². The summed E-state index contributed by atoms with van der Waals surface area (Å²) < 4.78 is 6.04. The van der Waals surface area contributed by atoms with Gasteiger partial charge in [0.05, 0.1) is 17.6 Å². The average Bonchev–Trinajstić information content (AvgIpc) is 3.31. The van der Waals surface area contributed by atoms with E-state index in [1.807, 2.05) is 47.7 Å². The summed E-state index contributed by atoms with van der Waals surface area (Å²) in [6.45, 7) is 11.2. The van der Waals surface area contributed by atoms with Gasteiger partial charge in [0.25, 0.3) is 5.91 Å². The summed E-state index contributed by atoms with van der Waals surface area (Å²) in [5.41, 5.74) is 4.10.